The Kier molecular flexibility index (Phi) is 6.17. The van der Waals surface area contributed by atoms with Crippen LogP contribution in [-0.4, -0.2) is 54.9 Å². The van der Waals surface area contributed by atoms with Crippen molar-refractivity contribution in [2.24, 2.45) is 4.99 Å². The van der Waals surface area contributed by atoms with Gasteiger partial charge in [-0.3, -0.25) is 4.79 Å². The number of benzene rings is 1. The quantitative estimate of drug-likeness (QED) is 0.677. The minimum absolute atomic E-state index is 0.0399. The third kappa shape index (κ3) is 4.69. The fourth-order valence-corrected chi connectivity index (χ4v) is 2.55. The van der Waals surface area contributed by atoms with Crippen molar-refractivity contribution < 1.29 is 9.18 Å². The highest BCUT2D eigenvalue weighted by Crippen LogP contribution is 2.20. The van der Waals surface area contributed by atoms with Gasteiger partial charge in [0.15, 0.2) is 5.96 Å². The van der Waals surface area contributed by atoms with E-state index in [-0.39, 0.29) is 24.3 Å². The number of likely N-dealkylation sites (N-methyl/N-ethyl adjacent to an activating group) is 1. The largest absolute Gasteiger partial charge is 0.354 e. The van der Waals surface area contributed by atoms with E-state index in [0.29, 0.717) is 6.54 Å². The van der Waals surface area contributed by atoms with Crippen LogP contribution in [0.15, 0.2) is 23.2 Å². The Morgan fingerprint density at radius 3 is 2.83 bits per heavy atom. The number of guanidine groups is 1. The Morgan fingerprint density at radius 1 is 1.42 bits per heavy atom. The second-order valence-electron chi connectivity index (χ2n) is 6.47. The van der Waals surface area contributed by atoms with Crippen LogP contribution in [0.25, 0.3) is 0 Å². The van der Waals surface area contributed by atoms with Crippen molar-refractivity contribution in [3.8, 4) is 0 Å². The van der Waals surface area contributed by atoms with Crippen molar-refractivity contribution in [3.05, 3.63) is 35.1 Å². The molecule has 132 valence electrons. The molecule has 0 bridgehead atoms. The first-order chi connectivity index (χ1) is 11.4. The van der Waals surface area contributed by atoms with Gasteiger partial charge in [0.25, 0.3) is 0 Å². The Bertz CT molecular complexity index is 615. The van der Waals surface area contributed by atoms with E-state index >= 15 is 0 Å². The van der Waals surface area contributed by atoms with Crippen molar-refractivity contribution in [2.75, 3.05) is 27.2 Å². The molecule has 1 heterocycles. The summed E-state index contributed by atoms with van der Waals surface area (Å²) in [7, 11) is 3.44. The van der Waals surface area contributed by atoms with Gasteiger partial charge in [-0.05, 0) is 43.0 Å². The van der Waals surface area contributed by atoms with Gasteiger partial charge in [0, 0.05) is 33.2 Å². The minimum atomic E-state index is -0.216. The van der Waals surface area contributed by atoms with Crippen LogP contribution in [0.5, 0.6) is 0 Å². The number of halogens is 1. The predicted molar refractivity (Wildman–Crippen MR) is 94.4 cm³/mol. The fraction of sp³-hybridized carbons (Fsp3) is 0.556. The van der Waals surface area contributed by atoms with Gasteiger partial charge in [-0.1, -0.05) is 13.0 Å². The van der Waals surface area contributed by atoms with Crippen LogP contribution in [0.3, 0.4) is 0 Å². The maximum absolute atomic E-state index is 13.5. The smallest absolute Gasteiger partial charge is 0.243 e. The molecule has 0 aromatic heterocycles. The lowest BCUT2D eigenvalue weighted by Crippen LogP contribution is -2.47. The first kappa shape index (κ1) is 18.2. The van der Waals surface area contributed by atoms with E-state index in [9.17, 15) is 9.18 Å². The zero-order valence-corrected chi connectivity index (χ0v) is 15.0. The van der Waals surface area contributed by atoms with E-state index < -0.39 is 0 Å². The van der Waals surface area contributed by atoms with Crippen LogP contribution < -0.4 is 5.32 Å². The highest BCUT2D eigenvalue weighted by Gasteiger charge is 2.21. The Hall–Kier alpha value is -2.11. The second-order valence-corrected chi connectivity index (χ2v) is 6.47. The lowest BCUT2D eigenvalue weighted by molar-refractivity contribution is -0.127. The van der Waals surface area contributed by atoms with Gasteiger partial charge in [0.1, 0.15) is 12.4 Å². The van der Waals surface area contributed by atoms with Crippen LogP contribution in [0.4, 0.5) is 4.39 Å². The molecule has 0 fully saturated rings. The van der Waals surface area contributed by atoms with E-state index in [1.165, 1.54) is 16.5 Å². The number of fused-ring (bicyclic) bond motifs is 1. The molecule has 0 aliphatic carbocycles. The molecule has 1 unspecified atom stereocenters. The molecular formula is C18H27FN4O. The first-order valence-corrected chi connectivity index (χ1v) is 8.44. The molecule has 0 radical (unpaired) electrons. The van der Waals surface area contributed by atoms with Crippen LogP contribution >= 0.6 is 0 Å². The molecule has 0 saturated heterocycles. The number of nitrogens with one attached hydrogen (secondary N) is 1. The molecule has 0 spiro atoms. The summed E-state index contributed by atoms with van der Waals surface area (Å²) in [5, 5.41) is 3.39. The summed E-state index contributed by atoms with van der Waals surface area (Å²) in [6.07, 6.45) is 1.80. The van der Waals surface area contributed by atoms with Crippen molar-refractivity contribution in [2.45, 2.75) is 39.3 Å². The maximum atomic E-state index is 13.5. The third-order valence-electron chi connectivity index (χ3n) is 4.33. The summed E-state index contributed by atoms with van der Waals surface area (Å²) in [6, 6.07) is 5.22. The Balaban J connectivity index is 2.17. The minimum Gasteiger partial charge on any atom is -0.354 e. The molecule has 24 heavy (non-hydrogen) atoms. The SMILES string of the molecule is CCC(C)NC(=NCC(=O)N(C)C)N1CCc2ccc(F)cc2C1. The normalized spacial score (nSPS) is 15.7. The van der Waals surface area contributed by atoms with Gasteiger partial charge in [-0.25, -0.2) is 9.38 Å². The number of nitrogens with zero attached hydrogens (tertiary/aromatic N) is 3. The zero-order chi connectivity index (χ0) is 17.7. The van der Waals surface area contributed by atoms with Gasteiger partial charge in [0.05, 0.1) is 0 Å². The van der Waals surface area contributed by atoms with Gasteiger partial charge < -0.3 is 15.1 Å². The number of carbonyl (C=O) groups is 1. The highest BCUT2D eigenvalue weighted by molar-refractivity contribution is 5.85. The fourth-order valence-electron chi connectivity index (χ4n) is 2.55. The first-order valence-electron chi connectivity index (χ1n) is 8.44. The molecule has 1 aliphatic heterocycles. The summed E-state index contributed by atoms with van der Waals surface area (Å²) >= 11 is 0. The lowest BCUT2D eigenvalue weighted by Gasteiger charge is -2.33. The number of carbonyl (C=O) groups excluding carboxylic acids is 1. The lowest BCUT2D eigenvalue weighted by atomic mass is 10.00. The summed E-state index contributed by atoms with van der Waals surface area (Å²) in [4.78, 5) is 20.0. The number of hydrogen-bond acceptors (Lipinski definition) is 2. The molecular weight excluding hydrogens is 307 g/mol. The Labute approximate surface area is 143 Å². The van der Waals surface area contributed by atoms with Crippen molar-refractivity contribution in [3.63, 3.8) is 0 Å². The highest BCUT2D eigenvalue weighted by atomic mass is 19.1. The molecule has 1 amide bonds. The van der Waals surface area contributed by atoms with E-state index in [4.69, 9.17) is 0 Å². The average molecular weight is 334 g/mol. The van der Waals surface area contributed by atoms with Gasteiger partial charge in [-0.2, -0.15) is 0 Å². The van der Waals surface area contributed by atoms with Gasteiger partial charge >= 0.3 is 0 Å². The van der Waals surface area contributed by atoms with Crippen LogP contribution in [0.1, 0.15) is 31.4 Å². The summed E-state index contributed by atoms with van der Waals surface area (Å²) in [5.41, 5.74) is 2.17. The average Bonchev–Trinajstić information content (AvgIpc) is 2.57. The molecule has 6 heteroatoms. The second kappa shape index (κ2) is 8.13. The molecule has 1 atom stereocenters. The Morgan fingerprint density at radius 2 is 2.17 bits per heavy atom. The monoisotopic (exact) mass is 334 g/mol. The number of hydrogen-bond donors (Lipinski definition) is 1. The zero-order valence-electron chi connectivity index (χ0n) is 15.0. The predicted octanol–water partition coefficient (Wildman–Crippen LogP) is 2.02. The standard InChI is InChI=1S/C18H27FN4O/c1-5-13(2)21-18(20-11-17(24)22(3)4)23-9-8-14-6-7-16(19)10-15(14)12-23/h6-7,10,13H,5,8-9,11-12H2,1-4H3,(H,20,21). The van der Waals surface area contributed by atoms with E-state index in [2.05, 4.69) is 29.1 Å². The topological polar surface area (TPSA) is 47.9 Å². The molecule has 2 rings (SSSR count). The van der Waals surface area contributed by atoms with Crippen molar-refractivity contribution in [1.82, 2.24) is 15.1 Å². The van der Waals surface area contributed by atoms with E-state index in [1.54, 1.807) is 20.2 Å². The molecule has 1 aromatic rings. The van der Waals surface area contributed by atoms with E-state index in [1.807, 2.05) is 6.07 Å². The summed E-state index contributed by atoms with van der Waals surface area (Å²) in [5.74, 6) is 0.461. The maximum Gasteiger partial charge on any atom is 0.243 e. The summed E-state index contributed by atoms with van der Waals surface area (Å²) < 4.78 is 13.5. The number of aliphatic imine (C=N–C) groups is 1. The molecule has 1 N–H and O–H groups in total. The van der Waals surface area contributed by atoms with Crippen LogP contribution in [0, 0.1) is 5.82 Å². The molecule has 0 saturated carbocycles. The van der Waals surface area contributed by atoms with Gasteiger partial charge in [0.2, 0.25) is 5.91 Å². The van der Waals surface area contributed by atoms with Crippen LogP contribution in [-0.2, 0) is 17.8 Å². The van der Waals surface area contributed by atoms with E-state index in [0.717, 1.165) is 30.9 Å². The van der Waals surface area contributed by atoms with Gasteiger partial charge in [-0.15, -0.1) is 0 Å². The molecule has 1 aliphatic rings. The molecule has 1 aromatic carbocycles. The summed E-state index contributed by atoms with van der Waals surface area (Å²) in [6.45, 7) is 5.70. The number of rotatable bonds is 4. The van der Waals surface area contributed by atoms with Crippen LogP contribution in [0.2, 0.25) is 0 Å². The van der Waals surface area contributed by atoms with Crippen molar-refractivity contribution in [1.29, 1.82) is 0 Å². The third-order valence-corrected chi connectivity index (χ3v) is 4.33. The van der Waals surface area contributed by atoms with Crippen molar-refractivity contribution >= 4 is 11.9 Å². The number of amides is 1. The molecule has 5 nitrogen and oxygen atoms in total.